The number of fused-ring (bicyclic) bond motifs is 3. The van der Waals surface area contributed by atoms with Crippen LogP contribution in [0.15, 0.2) is 71.8 Å². The SMILES string of the molecule is Cc1ccc(S(=O)(=O)N2CCc3c(nn(Cc4ccccc4Cl)c3O)-c3cccnc32)cc1. The van der Waals surface area contributed by atoms with Crippen LogP contribution in [0.2, 0.25) is 5.02 Å². The quantitative estimate of drug-likeness (QED) is 0.467. The molecular formula is C24H21ClN4O3S. The smallest absolute Gasteiger partial charge is 0.265 e. The van der Waals surface area contributed by atoms with Crippen molar-refractivity contribution in [2.75, 3.05) is 10.8 Å². The summed E-state index contributed by atoms with van der Waals surface area (Å²) in [5.41, 5.74) is 3.44. The Bertz CT molecular complexity index is 1450. The van der Waals surface area contributed by atoms with Crippen molar-refractivity contribution >= 4 is 27.4 Å². The second-order valence-electron chi connectivity index (χ2n) is 7.91. The first kappa shape index (κ1) is 21.5. The van der Waals surface area contributed by atoms with Crippen molar-refractivity contribution in [2.24, 2.45) is 0 Å². The van der Waals surface area contributed by atoms with Gasteiger partial charge in [0.2, 0.25) is 5.88 Å². The number of aromatic nitrogens is 3. The first-order valence-electron chi connectivity index (χ1n) is 10.4. The number of aryl methyl sites for hydroxylation is 1. The van der Waals surface area contributed by atoms with Crippen molar-refractivity contribution in [1.29, 1.82) is 0 Å². The third-order valence-electron chi connectivity index (χ3n) is 5.75. The number of rotatable bonds is 4. The van der Waals surface area contributed by atoms with Crippen LogP contribution in [-0.2, 0) is 23.0 Å². The van der Waals surface area contributed by atoms with Crippen LogP contribution >= 0.6 is 11.6 Å². The van der Waals surface area contributed by atoms with E-state index < -0.39 is 10.0 Å². The van der Waals surface area contributed by atoms with Gasteiger partial charge in [-0.05, 0) is 49.2 Å². The number of pyridine rings is 1. The molecule has 1 aliphatic heterocycles. The Balaban J connectivity index is 1.59. The molecule has 1 N–H and O–H groups in total. The Kier molecular flexibility index (Phi) is 5.34. The summed E-state index contributed by atoms with van der Waals surface area (Å²) in [4.78, 5) is 4.59. The molecule has 33 heavy (non-hydrogen) atoms. The summed E-state index contributed by atoms with van der Waals surface area (Å²) < 4.78 is 29.8. The predicted molar refractivity (Wildman–Crippen MR) is 127 cm³/mol. The Morgan fingerprint density at radius 2 is 1.82 bits per heavy atom. The number of hydrogen-bond acceptors (Lipinski definition) is 5. The lowest BCUT2D eigenvalue weighted by molar-refractivity contribution is 0.404. The zero-order valence-corrected chi connectivity index (χ0v) is 19.4. The van der Waals surface area contributed by atoms with Crippen LogP contribution in [-0.4, -0.2) is 34.8 Å². The molecule has 0 radical (unpaired) electrons. The third-order valence-corrected chi connectivity index (χ3v) is 7.92. The maximum Gasteiger partial charge on any atom is 0.265 e. The van der Waals surface area contributed by atoms with E-state index in [1.54, 1.807) is 48.7 Å². The molecule has 0 unspecified atom stereocenters. The standard InChI is InChI=1S/C24H21ClN4O3S/c1-16-8-10-18(11-9-16)33(31,32)29-14-12-20-22(19-6-4-13-26-23(19)29)27-28(24(20)30)15-17-5-2-3-7-21(17)25/h2-11,13,30H,12,14-15H2,1H3. The summed E-state index contributed by atoms with van der Waals surface area (Å²) in [5.74, 6) is 0.286. The number of anilines is 1. The van der Waals surface area contributed by atoms with Gasteiger partial charge in [0.25, 0.3) is 10.0 Å². The second-order valence-corrected chi connectivity index (χ2v) is 10.2. The van der Waals surface area contributed by atoms with Crippen molar-refractivity contribution in [3.8, 4) is 17.1 Å². The molecule has 9 heteroatoms. The van der Waals surface area contributed by atoms with Gasteiger partial charge in [0, 0.05) is 28.9 Å². The fraction of sp³-hybridized carbons (Fsp3) is 0.167. The van der Waals surface area contributed by atoms with Gasteiger partial charge in [-0.3, -0.25) is 0 Å². The normalized spacial score (nSPS) is 13.3. The highest BCUT2D eigenvalue weighted by atomic mass is 35.5. The van der Waals surface area contributed by atoms with Gasteiger partial charge in [-0.2, -0.15) is 5.10 Å². The highest BCUT2D eigenvalue weighted by Crippen LogP contribution is 2.40. The molecule has 0 saturated carbocycles. The molecule has 0 fully saturated rings. The van der Waals surface area contributed by atoms with E-state index in [1.165, 1.54) is 8.99 Å². The van der Waals surface area contributed by atoms with Gasteiger partial charge in [0.15, 0.2) is 5.82 Å². The van der Waals surface area contributed by atoms with Gasteiger partial charge in [-0.25, -0.2) is 22.4 Å². The Morgan fingerprint density at radius 1 is 1.06 bits per heavy atom. The average Bonchev–Trinajstić information content (AvgIpc) is 3.00. The molecule has 3 heterocycles. The summed E-state index contributed by atoms with van der Waals surface area (Å²) in [5, 5.41) is 16.2. The predicted octanol–water partition coefficient (Wildman–Crippen LogP) is 4.41. The zero-order chi connectivity index (χ0) is 23.2. The van der Waals surface area contributed by atoms with Gasteiger partial charge < -0.3 is 5.11 Å². The van der Waals surface area contributed by atoms with Crippen molar-refractivity contribution in [3.05, 3.63) is 88.6 Å². The van der Waals surface area contributed by atoms with Crippen molar-refractivity contribution in [3.63, 3.8) is 0 Å². The highest BCUT2D eigenvalue weighted by molar-refractivity contribution is 7.92. The first-order valence-corrected chi connectivity index (χ1v) is 12.2. The molecule has 1 aliphatic rings. The Morgan fingerprint density at radius 3 is 2.58 bits per heavy atom. The fourth-order valence-electron chi connectivity index (χ4n) is 4.01. The minimum absolute atomic E-state index is 0.00527. The van der Waals surface area contributed by atoms with E-state index in [4.69, 9.17) is 11.6 Å². The van der Waals surface area contributed by atoms with E-state index in [0.29, 0.717) is 34.2 Å². The average molecular weight is 481 g/mol. The minimum atomic E-state index is -3.85. The zero-order valence-electron chi connectivity index (χ0n) is 17.8. The molecule has 2 aromatic carbocycles. The lowest BCUT2D eigenvalue weighted by Crippen LogP contribution is -2.33. The third kappa shape index (κ3) is 3.75. The molecule has 0 amide bonds. The number of halogens is 1. The van der Waals surface area contributed by atoms with Crippen LogP contribution in [0.25, 0.3) is 11.3 Å². The van der Waals surface area contributed by atoms with E-state index in [0.717, 1.165) is 11.1 Å². The van der Waals surface area contributed by atoms with Crippen molar-refractivity contribution in [2.45, 2.75) is 24.8 Å². The van der Waals surface area contributed by atoms with Gasteiger partial charge in [0.05, 0.1) is 11.4 Å². The largest absolute Gasteiger partial charge is 0.493 e. The van der Waals surface area contributed by atoms with E-state index in [2.05, 4.69) is 10.1 Å². The van der Waals surface area contributed by atoms with E-state index in [9.17, 15) is 13.5 Å². The molecule has 2 aromatic heterocycles. The van der Waals surface area contributed by atoms with Gasteiger partial charge in [-0.15, -0.1) is 0 Å². The van der Waals surface area contributed by atoms with Gasteiger partial charge in [0.1, 0.15) is 5.69 Å². The molecule has 168 valence electrons. The summed E-state index contributed by atoms with van der Waals surface area (Å²) in [6.45, 7) is 2.32. The van der Waals surface area contributed by atoms with Crippen molar-refractivity contribution in [1.82, 2.24) is 14.8 Å². The second kappa shape index (κ2) is 8.20. The fourth-order valence-corrected chi connectivity index (χ4v) is 5.64. The summed E-state index contributed by atoms with van der Waals surface area (Å²) >= 11 is 6.29. The van der Waals surface area contributed by atoms with E-state index in [-0.39, 0.29) is 23.7 Å². The van der Waals surface area contributed by atoms with E-state index in [1.807, 2.05) is 25.1 Å². The molecule has 5 rings (SSSR count). The van der Waals surface area contributed by atoms with Crippen LogP contribution in [0.4, 0.5) is 5.82 Å². The van der Waals surface area contributed by atoms with Crippen LogP contribution in [0.5, 0.6) is 5.88 Å². The molecule has 0 spiro atoms. The van der Waals surface area contributed by atoms with Crippen LogP contribution in [0.1, 0.15) is 16.7 Å². The lowest BCUT2D eigenvalue weighted by atomic mass is 10.1. The molecule has 0 saturated heterocycles. The maximum absolute atomic E-state index is 13.5. The number of nitrogens with zero attached hydrogens (tertiary/aromatic N) is 4. The number of sulfonamides is 1. The van der Waals surface area contributed by atoms with Gasteiger partial charge >= 0.3 is 0 Å². The summed E-state index contributed by atoms with van der Waals surface area (Å²) in [7, 11) is -3.85. The molecule has 0 aliphatic carbocycles. The summed E-state index contributed by atoms with van der Waals surface area (Å²) in [6.07, 6.45) is 1.84. The molecule has 0 bridgehead atoms. The minimum Gasteiger partial charge on any atom is -0.493 e. The first-order chi connectivity index (χ1) is 15.9. The van der Waals surface area contributed by atoms with Crippen LogP contribution < -0.4 is 4.31 Å². The van der Waals surface area contributed by atoms with Gasteiger partial charge in [-0.1, -0.05) is 47.5 Å². The maximum atomic E-state index is 13.5. The highest BCUT2D eigenvalue weighted by Gasteiger charge is 2.34. The molecule has 7 nitrogen and oxygen atoms in total. The lowest BCUT2D eigenvalue weighted by Gasteiger charge is -2.23. The molecular weight excluding hydrogens is 460 g/mol. The Labute approximate surface area is 197 Å². The van der Waals surface area contributed by atoms with Crippen LogP contribution in [0.3, 0.4) is 0 Å². The van der Waals surface area contributed by atoms with Crippen LogP contribution in [0, 0.1) is 6.92 Å². The van der Waals surface area contributed by atoms with Crippen molar-refractivity contribution < 1.29 is 13.5 Å². The number of hydrogen-bond donors (Lipinski definition) is 1. The topological polar surface area (TPSA) is 88.3 Å². The number of aromatic hydroxyl groups is 1. The monoisotopic (exact) mass is 480 g/mol. The molecule has 4 aromatic rings. The summed E-state index contributed by atoms with van der Waals surface area (Å²) in [6, 6.07) is 17.6. The number of benzene rings is 2. The van der Waals surface area contributed by atoms with E-state index >= 15 is 0 Å². The molecule has 0 atom stereocenters. The Hall–Kier alpha value is -3.36.